The molecular formula is C26H29FN2O4S. The largest absolute Gasteiger partial charge is 0.588 e. The second-order valence-corrected chi connectivity index (χ2v) is 10.3. The van der Waals surface area contributed by atoms with E-state index in [2.05, 4.69) is 16.5 Å². The molecule has 0 spiro atoms. The van der Waals surface area contributed by atoms with E-state index in [1.54, 1.807) is 6.07 Å². The third kappa shape index (κ3) is 4.54. The fourth-order valence-corrected chi connectivity index (χ4v) is 5.98. The quantitative estimate of drug-likeness (QED) is 0.472. The Morgan fingerprint density at radius 2 is 2.24 bits per heavy atom. The van der Waals surface area contributed by atoms with Crippen molar-refractivity contribution in [1.29, 1.82) is 0 Å². The topological polar surface area (TPSA) is 73.9 Å². The number of halogens is 1. The van der Waals surface area contributed by atoms with Crippen molar-refractivity contribution < 1.29 is 23.2 Å². The molecule has 1 N–H and O–H groups in total. The standard InChI is InChI=1S/C26H29FN2O4S/c1-3-29-10-4-5-16(14-29)11-17-12-19(27)6-9-23(17)34(31)28-22-8-7-20-21-13-18(21)15-33-25(20)24(22)26(30)32-2/h6-9,11-12,18,21,28H,3-5,10,13-15H2,1-2H3/t18-,21-,34?/m0/s1. The molecule has 2 aliphatic heterocycles. The van der Waals surface area contributed by atoms with Crippen molar-refractivity contribution in [3.8, 4) is 5.75 Å². The first kappa shape index (κ1) is 23.2. The highest BCUT2D eigenvalue weighted by molar-refractivity contribution is 7.92. The van der Waals surface area contributed by atoms with Crippen LogP contribution in [-0.2, 0) is 16.1 Å². The van der Waals surface area contributed by atoms with E-state index in [1.165, 1.54) is 30.9 Å². The molecule has 0 aromatic heterocycles. The number of rotatable bonds is 6. The predicted octanol–water partition coefficient (Wildman–Crippen LogP) is 4.74. The number of likely N-dealkylation sites (tertiary alicyclic amines) is 1. The predicted molar refractivity (Wildman–Crippen MR) is 130 cm³/mol. The highest BCUT2D eigenvalue weighted by atomic mass is 32.2. The average Bonchev–Trinajstić information content (AvgIpc) is 3.64. The van der Waals surface area contributed by atoms with Gasteiger partial charge >= 0.3 is 5.97 Å². The Morgan fingerprint density at radius 3 is 3.03 bits per heavy atom. The maximum atomic E-state index is 14.1. The number of nitrogens with one attached hydrogen (secondary N) is 1. The molecule has 1 saturated heterocycles. The number of methoxy groups -OCH3 is 1. The van der Waals surface area contributed by atoms with E-state index in [0.717, 1.165) is 44.5 Å². The van der Waals surface area contributed by atoms with Crippen LogP contribution >= 0.6 is 0 Å². The van der Waals surface area contributed by atoms with Gasteiger partial charge in [0.15, 0.2) is 4.90 Å². The second-order valence-electron chi connectivity index (χ2n) is 9.14. The number of fused-ring (bicyclic) bond motifs is 3. The molecule has 0 bridgehead atoms. The third-order valence-corrected chi connectivity index (χ3v) is 8.10. The van der Waals surface area contributed by atoms with Gasteiger partial charge in [0.2, 0.25) is 0 Å². The maximum Gasteiger partial charge on any atom is 0.343 e. The Bertz CT molecular complexity index is 1140. The summed E-state index contributed by atoms with van der Waals surface area (Å²) in [6.07, 6.45) is 4.98. The number of anilines is 1. The summed E-state index contributed by atoms with van der Waals surface area (Å²) in [6, 6.07) is 7.94. The van der Waals surface area contributed by atoms with Gasteiger partial charge in [0.25, 0.3) is 0 Å². The number of piperidine rings is 1. The molecule has 2 heterocycles. The van der Waals surface area contributed by atoms with Crippen LogP contribution in [0.5, 0.6) is 5.75 Å². The average molecular weight is 485 g/mol. The monoisotopic (exact) mass is 484 g/mol. The van der Waals surface area contributed by atoms with E-state index in [4.69, 9.17) is 9.47 Å². The number of carbonyl (C=O) groups is 1. The first-order valence-corrected chi connectivity index (χ1v) is 12.9. The molecule has 5 rings (SSSR count). The summed E-state index contributed by atoms with van der Waals surface area (Å²) in [4.78, 5) is 15.5. The van der Waals surface area contributed by atoms with E-state index in [9.17, 15) is 13.7 Å². The normalized spacial score (nSPS) is 23.5. The lowest BCUT2D eigenvalue weighted by atomic mass is 10.0. The van der Waals surface area contributed by atoms with Gasteiger partial charge in [-0.2, -0.15) is 0 Å². The zero-order valence-electron chi connectivity index (χ0n) is 19.4. The molecule has 34 heavy (non-hydrogen) atoms. The van der Waals surface area contributed by atoms with Crippen molar-refractivity contribution in [2.75, 3.05) is 38.1 Å². The van der Waals surface area contributed by atoms with E-state index in [1.807, 2.05) is 12.1 Å². The van der Waals surface area contributed by atoms with Gasteiger partial charge in [-0.15, -0.1) is 0 Å². The Kier molecular flexibility index (Phi) is 6.55. The molecule has 8 heteroatoms. The van der Waals surface area contributed by atoms with Gasteiger partial charge in [-0.05, 0) is 74.2 Å². The smallest absolute Gasteiger partial charge is 0.343 e. The lowest BCUT2D eigenvalue weighted by Gasteiger charge is -2.27. The number of carbonyl (C=O) groups excluding carboxylic acids is 1. The molecule has 180 valence electrons. The number of hydrogen-bond acceptors (Lipinski definition) is 6. The summed E-state index contributed by atoms with van der Waals surface area (Å²) < 4.78 is 41.5. The van der Waals surface area contributed by atoms with Crippen LogP contribution < -0.4 is 9.46 Å². The van der Waals surface area contributed by atoms with Gasteiger partial charge < -0.3 is 14.0 Å². The number of esters is 1. The van der Waals surface area contributed by atoms with Crippen LogP contribution in [0.3, 0.4) is 0 Å². The second kappa shape index (κ2) is 9.60. The molecule has 0 radical (unpaired) electrons. The maximum absolute atomic E-state index is 14.1. The highest BCUT2D eigenvalue weighted by Crippen LogP contribution is 2.55. The summed E-state index contributed by atoms with van der Waals surface area (Å²) in [5.41, 5.74) is 3.40. The van der Waals surface area contributed by atoms with Crippen molar-refractivity contribution in [3.63, 3.8) is 0 Å². The molecule has 2 fully saturated rings. The number of nitrogens with zero attached hydrogens (tertiary/aromatic N) is 1. The van der Waals surface area contributed by atoms with Crippen LogP contribution in [0.25, 0.3) is 6.08 Å². The van der Waals surface area contributed by atoms with Crippen molar-refractivity contribution >= 4 is 29.1 Å². The van der Waals surface area contributed by atoms with Gasteiger partial charge in [-0.25, -0.2) is 13.9 Å². The lowest BCUT2D eigenvalue weighted by molar-refractivity contribution is 0.0596. The Balaban J connectivity index is 1.46. The molecule has 1 saturated carbocycles. The minimum atomic E-state index is -1.74. The number of benzene rings is 2. The van der Waals surface area contributed by atoms with Crippen molar-refractivity contribution in [3.05, 3.63) is 58.4 Å². The van der Waals surface area contributed by atoms with E-state index in [-0.39, 0.29) is 11.4 Å². The number of ether oxygens (including phenoxy) is 2. The van der Waals surface area contributed by atoms with Gasteiger partial charge in [0.1, 0.15) is 34.2 Å². The van der Waals surface area contributed by atoms with Crippen LogP contribution in [0.15, 0.2) is 40.8 Å². The van der Waals surface area contributed by atoms with E-state index in [0.29, 0.717) is 40.3 Å². The number of likely N-dealkylation sites (N-methyl/N-ethyl adjacent to an activating group) is 1. The summed E-state index contributed by atoms with van der Waals surface area (Å²) in [7, 11) is 1.32. The highest BCUT2D eigenvalue weighted by Gasteiger charge is 2.45. The van der Waals surface area contributed by atoms with Crippen molar-refractivity contribution in [2.24, 2.45) is 5.92 Å². The van der Waals surface area contributed by atoms with Crippen LogP contribution in [-0.4, -0.2) is 48.8 Å². The summed E-state index contributed by atoms with van der Waals surface area (Å²) in [6.45, 7) is 5.52. The van der Waals surface area contributed by atoms with Crippen LogP contribution in [0, 0.1) is 11.7 Å². The van der Waals surface area contributed by atoms with Crippen molar-refractivity contribution in [2.45, 2.75) is 37.0 Å². The van der Waals surface area contributed by atoms with E-state index >= 15 is 0 Å². The Morgan fingerprint density at radius 1 is 1.38 bits per heavy atom. The Hall–Kier alpha value is -2.55. The fourth-order valence-electron chi connectivity index (χ4n) is 4.98. The van der Waals surface area contributed by atoms with Crippen molar-refractivity contribution in [1.82, 2.24) is 4.90 Å². The molecule has 2 aromatic rings. The lowest BCUT2D eigenvalue weighted by Crippen LogP contribution is -2.30. The SMILES string of the molecule is CCN1CCCC(=Cc2cc(F)ccc2[S+]([O-])Nc2ccc3c(c2C(=O)OC)OC[C@@H]2C[C@H]32)C1. The summed E-state index contributed by atoms with van der Waals surface area (Å²) >= 11 is -1.74. The molecule has 0 amide bonds. The first-order chi connectivity index (χ1) is 16.5. The van der Waals surface area contributed by atoms with Crippen LogP contribution in [0.2, 0.25) is 0 Å². The van der Waals surface area contributed by atoms with Crippen LogP contribution in [0.4, 0.5) is 10.1 Å². The minimum Gasteiger partial charge on any atom is -0.588 e. The van der Waals surface area contributed by atoms with Crippen LogP contribution in [0.1, 0.15) is 53.6 Å². The molecule has 1 aliphatic carbocycles. The van der Waals surface area contributed by atoms with Gasteiger partial charge in [-0.1, -0.05) is 18.6 Å². The molecule has 6 nitrogen and oxygen atoms in total. The molecule has 3 aliphatic rings. The Labute approximate surface area is 202 Å². The van der Waals surface area contributed by atoms with Gasteiger partial charge in [0.05, 0.1) is 13.7 Å². The minimum absolute atomic E-state index is 0.256. The van der Waals surface area contributed by atoms with E-state index < -0.39 is 17.3 Å². The molecule has 1 unspecified atom stereocenters. The zero-order valence-corrected chi connectivity index (χ0v) is 20.3. The first-order valence-electron chi connectivity index (χ1n) is 11.8. The summed E-state index contributed by atoms with van der Waals surface area (Å²) in [5.74, 6) is 0.492. The van der Waals surface area contributed by atoms with Gasteiger partial charge in [-0.3, -0.25) is 4.90 Å². The summed E-state index contributed by atoms with van der Waals surface area (Å²) in [5, 5.41) is 0. The third-order valence-electron chi connectivity index (χ3n) is 6.92. The van der Waals surface area contributed by atoms with Gasteiger partial charge in [0, 0.05) is 18.0 Å². The molecular weight excluding hydrogens is 455 g/mol. The molecule has 3 atom stereocenters. The fraction of sp³-hybridized carbons (Fsp3) is 0.423. The molecule has 2 aromatic carbocycles. The zero-order chi connectivity index (χ0) is 23.8. The number of hydrogen-bond donors (Lipinski definition) is 1.